The lowest BCUT2D eigenvalue weighted by atomic mass is 10.2. The lowest BCUT2D eigenvalue weighted by Gasteiger charge is -2.10. The molecule has 0 aliphatic rings. The van der Waals surface area contributed by atoms with Crippen LogP contribution in [0.4, 0.5) is 13.2 Å². The quantitative estimate of drug-likeness (QED) is 0.594. The number of nitrogens with zero attached hydrogens (tertiary/aromatic N) is 2. The number of benzene rings is 2. The molecule has 0 bridgehead atoms. The summed E-state index contributed by atoms with van der Waals surface area (Å²) in [5, 5.41) is 19.2. The third kappa shape index (κ3) is 5.30. The fraction of sp³-hybridized carbons (Fsp3) is 0.118. The van der Waals surface area contributed by atoms with Gasteiger partial charge in [0.05, 0.1) is 10.0 Å². The molecule has 152 valence electrons. The highest BCUT2D eigenvalue weighted by Gasteiger charge is 2.31. The number of carbonyl (C=O) groups excluding carboxylic acids is 1. The van der Waals surface area contributed by atoms with Crippen LogP contribution in [0.2, 0.25) is 10.0 Å². The number of halogens is 5. The Morgan fingerprint density at radius 3 is 2.52 bits per heavy atom. The maximum Gasteiger partial charge on any atom is 0.573 e. The van der Waals surface area contributed by atoms with Crippen LogP contribution in [-0.4, -0.2) is 27.6 Å². The van der Waals surface area contributed by atoms with Gasteiger partial charge < -0.3 is 19.6 Å². The first-order valence-corrected chi connectivity index (χ1v) is 8.53. The highest BCUT2D eigenvalue weighted by Crippen LogP contribution is 2.36. The molecular weight excluding hydrogens is 438 g/mol. The zero-order valence-corrected chi connectivity index (χ0v) is 15.6. The summed E-state index contributed by atoms with van der Waals surface area (Å²) >= 11 is 11.6. The first-order chi connectivity index (χ1) is 13.6. The SMILES string of the molecule is O=C(NCc1cccc(OC(F)(F)F)c1)c1nnc(-c2cc(Cl)c(O)c(Cl)c2)o1. The summed E-state index contributed by atoms with van der Waals surface area (Å²) < 4.78 is 45.9. The van der Waals surface area contributed by atoms with Crippen molar-refractivity contribution in [2.75, 3.05) is 0 Å². The van der Waals surface area contributed by atoms with Crippen LogP contribution < -0.4 is 10.1 Å². The maximum atomic E-state index is 12.3. The smallest absolute Gasteiger partial charge is 0.505 e. The largest absolute Gasteiger partial charge is 0.573 e. The van der Waals surface area contributed by atoms with Gasteiger partial charge in [-0.2, -0.15) is 0 Å². The third-order valence-corrected chi connectivity index (χ3v) is 4.04. The Bertz CT molecular complexity index is 1030. The molecule has 7 nitrogen and oxygen atoms in total. The number of alkyl halides is 3. The van der Waals surface area contributed by atoms with E-state index < -0.39 is 18.0 Å². The Morgan fingerprint density at radius 1 is 1.17 bits per heavy atom. The van der Waals surface area contributed by atoms with Crippen LogP contribution in [0, 0.1) is 0 Å². The van der Waals surface area contributed by atoms with Crippen molar-refractivity contribution in [3.8, 4) is 23.0 Å². The Kier molecular flexibility index (Phi) is 5.85. The summed E-state index contributed by atoms with van der Waals surface area (Å²) in [6.07, 6.45) is -4.82. The second kappa shape index (κ2) is 8.18. The van der Waals surface area contributed by atoms with E-state index in [1.54, 1.807) is 0 Å². The number of carbonyl (C=O) groups is 1. The maximum absolute atomic E-state index is 12.3. The van der Waals surface area contributed by atoms with Gasteiger partial charge in [-0.3, -0.25) is 4.79 Å². The Labute approximate surface area is 171 Å². The van der Waals surface area contributed by atoms with Crippen molar-refractivity contribution in [1.29, 1.82) is 0 Å². The number of rotatable bonds is 5. The molecule has 1 aromatic heterocycles. The van der Waals surface area contributed by atoms with Gasteiger partial charge >= 0.3 is 18.2 Å². The molecular formula is C17H10Cl2F3N3O4. The molecule has 12 heteroatoms. The van der Waals surface area contributed by atoms with E-state index in [9.17, 15) is 23.1 Å². The first kappa shape index (κ1) is 20.7. The predicted molar refractivity (Wildman–Crippen MR) is 95.7 cm³/mol. The lowest BCUT2D eigenvalue weighted by Crippen LogP contribution is -2.23. The molecule has 3 aromatic rings. The summed E-state index contributed by atoms with van der Waals surface area (Å²) in [4.78, 5) is 12.2. The number of aromatic nitrogens is 2. The van der Waals surface area contributed by atoms with E-state index in [0.29, 0.717) is 5.56 Å². The average molecular weight is 448 g/mol. The van der Waals surface area contributed by atoms with E-state index in [-0.39, 0.29) is 39.7 Å². The zero-order chi connectivity index (χ0) is 21.2. The van der Waals surface area contributed by atoms with E-state index in [1.165, 1.54) is 24.3 Å². The van der Waals surface area contributed by atoms with Crippen molar-refractivity contribution < 1.29 is 32.2 Å². The molecule has 0 fully saturated rings. The Hall–Kier alpha value is -2.98. The van der Waals surface area contributed by atoms with Gasteiger partial charge in [0.1, 0.15) is 5.75 Å². The third-order valence-electron chi connectivity index (χ3n) is 3.47. The van der Waals surface area contributed by atoms with Crippen molar-refractivity contribution in [2.24, 2.45) is 0 Å². The number of hydrogen-bond acceptors (Lipinski definition) is 6. The number of phenols is 1. The van der Waals surface area contributed by atoms with Gasteiger partial charge in [0, 0.05) is 12.1 Å². The van der Waals surface area contributed by atoms with Gasteiger partial charge in [0.15, 0.2) is 5.75 Å². The number of phenolic OH excluding ortho intramolecular Hbond substituents is 1. The fourth-order valence-electron chi connectivity index (χ4n) is 2.23. The van der Waals surface area contributed by atoms with E-state index in [2.05, 4.69) is 20.3 Å². The van der Waals surface area contributed by atoms with Gasteiger partial charge in [0.2, 0.25) is 5.89 Å². The molecule has 1 amide bonds. The minimum Gasteiger partial charge on any atom is -0.505 e. The minimum atomic E-state index is -4.82. The zero-order valence-electron chi connectivity index (χ0n) is 14.1. The van der Waals surface area contributed by atoms with Gasteiger partial charge in [0.25, 0.3) is 0 Å². The van der Waals surface area contributed by atoms with Crippen LogP contribution in [0.15, 0.2) is 40.8 Å². The van der Waals surface area contributed by atoms with Crippen LogP contribution in [0.3, 0.4) is 0 Å². The molecule has 0 unspecified atom stereocenters. The van der Waals surface area contributed by atoms with E-state index in [0.717, 1.165) is 12.1 Å². The van der Waals surface area contributed by atoms with E-state index in [1.807, 2.05) is 0 Å². The van der Waals surface area contributed by atoms with Gasteiger partial charge in [-0.1, -0.05) is 35.3 Å². The number of hydrogen-bond donors (Lipinski definition) is 2. The summed E-state index contributed by atoms with van der Waals surface area (Å²) in [6, 6.07) is 7.77. The molecule has 0 aliphatic heterocycles. The number of amides is 1. The average Bonchev–Trinajstić information content (AvgIpc) is 3.13. The van der Waals surface area contributed by atoms with E-state index in [4.69, 9.17) is 27.6 Å². The second-order valence-electron chi connectivity index (χ2n) is 5.58. The molecule has 29 heavy (non-hydrogen) atoms. The summed E-state index contributed by atoms with van der Waals surface area (Å²) in [6.45, 7) is -0.109. The first-order valence-electron chi connectivity index (χ1n) is 7.77. The molecule has 0 saturated carbocycles. The van der Waals surface area contributed by atoms with Crippen LogP contribution in [0.1, 0.15) is 16.2 Å². The van der Waals surface area contributed by atoms with Gasteiger partial charge in [-0.05, 0) is 29.8 Å². The monoisotopic (exact) mass is 447 g/mol. The predicted octanol–water partition coefficient (Wildman–Crippen LogP) is 4.58. The molecule has 0 spiro atoms. The lowest BCUT2D eigenvalue weighted by molar-refractivity contribution is -0.274. The summed E-state index contributed by atoms with van der Waals surface area (Å²) in [7, 11) is 0. The van der Waals surface area contributed by atoms with Crippen molar-refractivity contribution >= 4 is 29.1 Å². The topological polar surface area (TPSA) is 97.5 Å². The highest BCUT2D eigenvalue weighted by molar-refractivity contribution is 6.37. The standard InChI is InChI=1S/C17H10Cl2F3N3O4/c18-11-5-9(6-12(19)13(11)26)15-24-25-16(28-15)14(27)23-7-8-2-1-3-10(4-8)29-17(20,21)22/h1-6,26H,7H2,(H,23,27). The van der Waals surface area contributed by atoms with Crippen LogP contribution in [0.5, 0.6) is 11.5 Å². The molecule has 0 aliphatic carbocycles. The van der Waals surface area contributed by atoms with Crippen molar-refractivity contribution in [1.82, 2.24) is 15.5 Å². The van der Waals surface area contributed by atoms with E-state index >= 15 is 0 Å². The van der Waals surface area contributed by atoms with Crippen LogP contribution in [0.25, 0.3) is 11.5 Å². The number of ether oxygens (including phenoxy) is 1. The van der Waals surface area contributed by atoms with Crippen LogP contribution >= 0.6 is 23.2 Å². The molecule has 2 aromatic carbocycles. The van der Waals surface area contributed by atoms with Crippen LogP contribution in [-0.2, 0) is 6.54 Å². The number of nitrogens with one attached hydrogen (secondary N) is 1. The summed E-state index contributed by atoms with van der Waals surface area (Å²) in [5.41, 5.74) is 0.637. The van der Waals surface area contributed by atoms with Crippen molar-refractivity contribution in [3.05, 3.63) is 57.9 Å². The Morgan fingerprint density at radius 2 is 1.86 bits per heavy atom. The molecule has 1 heterocycles. The van der Waals surface area contributed by atoms with Crippen molar-refractivity contribution in [3.63, 3.8) is 0 Å². The van der Waals surface area contributed by atoms with Gasteiger partial charge in [-0.25, -0.2) is 0 Å². The Balaban J connectivity index is 1.68. The minimum absolute atomic E-state index is 0.0438. The molecule has 0 saturated heterocycles. The molecule has 0 atom stereocenters. The highest BCUT2D eigenvalue weighted by atomic mass is 35.5. The second-order valence-corrected chi connectivity index (χ2v) is 6.39. The molecule has 3 rings (SSSR count). The molecule has 0 radical (unpaired) electrons. The summed E-state index contributed by atoms with van der Waals surface area (Å²) in [5.74, 6) is -1.93. The number of aromatic hydroxyl groups is 1. The normalized spacial score (nSPS) is 11.3. The van der Waals surface area contributed by atoms with Crippen molar-refractivity contribution in [2.45, 2.75) is 12.9 Å². The fourth-order valence-corrected chi connectivity index (χ4v) is 2.72. The molecule has 2 N–H and O–H groups in total. The van der Waals surface area contributed by atoms with Gasteiger partial charge in [-0.15, -0.1) is 23.4 Å².